The molecule has 0 aromatic heterocycles. The summed E-state index contributed by atoms with van der Waals surface area (Å²) in [6, 6.07) is 6.92. The molecule has 0 fully saturated rings. The fourth-order valence-electron chi connectivity index (χ4n) is 1.86. The van der Waals surface area contributed by atoms with Gasteiger partial charge in [0.15, 0.2) is 0 Å². The standard InChI is InChI=1S/C14H13F2NO2/c1-8(13-3-2-12(18)7-14(13)19)17-11-5-9(15)4-10(16)6-11/h2-8,17-19H,1H3. The lowest BCUT2D eigenvalue weighted by Crippen LogP contribution is -2.07. The van der Waals surface area contributed by atoms with E-state index >= 15 is 0 Å². The average Bonchev–Trinajstić information content (AvgIpc) is 2.26. The Morgan fingerprint density at radius 3 is 2.21 bits per heavy atom. The van der Waals surface area contributed by atoms with Gasteiger partial charge in [-0.25, -0.2) is 8.78 Å². The van der Waals surface area contributed by atoms with E-state index < -0.39 is 11.6 Å². The lowest BCUT2D eigenvalue weighted by atomic mass is 10.1. The summed E-state index contributed by atoms with van der Waals surface area (Å²) in [5, 5.41) is 21.8. The van der Waals surface area contributed by atoms with Crippen LogP contribution in [-0.2, 0) is 0 Å². The Hall–Kier alpha value is -2.30. The van der Waals surface area contributed by atoms with E-state index in [0.29, 0.717) is 5.56 Å². The van der Waals surface area contributed by atoms with E-state index in [1.165, 1.54) is 18.2 Å². The monoisotopic (exact) mass is 265 g/mol. The van der Waals surface area contributed by atoms with Crippen molar-refractivity contribution in [1.82, 2.24) is 0 Å². The molecule has 0 radical (unpaired) electrons. The normalized spacial score (nSPS) is 12.2. The largest absolute Gasteiger partial charge is 0.508 e. The maximum atomic E-state index is 13.1. The van der Waals surface area contributed by atoms with Gasteiger partial charge in [-0.1, -0.05) is 0 Å². The Morgan fingerprint density at radius 2 is 1.63 bits per heavy atom. The second-order valence-electron chi connectivity index (χ2n) is 4.27. The summed E-state index contributed by atoms with van der Waals surface area (Å²) in [5.74, 6) is -1.49. The highest BCUT2D eigenvalue weighted by Crippen LogP contribution is 2.30. The van der Waals surface area contributed by atoms with Crippen molar-refractivity contribution in [2.24, 2.45) is 0 Å². The lowest BCUT2D eigenvalue weighted by Gasteiger charge is -2.17. The first-order chi connectivity index (χ1) is 8.95. The van der Waals surface area contributed by atoms with E-state index in [-0.39, 0.29) is 23.2 Å². The van der Waals surface area contributed by atoms with Crippen LogP contribution in [0.25, 0.3) is 0 Å². The van der Waals surface area contributed by atoms with Crippen molar-refractivity contribution in [1.29, 1.82) is 0 Å². The molecule has 0 bridgehead atoms. The molecule has 1 atom stereocenters. The van der Waals surface area contributed by atoms with Crippen LogP contribution in [-0.4, -0.2) is 10.2 Å². The number of aromatic hydroxyl groups is 2. The van der Waals surface area contributed by atoms with Crippen molar-refractivity contribution in [3.05, 3.63) is 53.6 Å². The highest BCUT2D eigenvalue weighted by molar-refractivity contribution is 5.49. The molecule has 0 aliphatic heterocycles. The van der Waals surface area contributed by atoms with Gasteiger partial charge in [0.2, 0.25) is 0 Å². The number of hydrogen-bond acceptors (Lipinski definition) is 3. The minimum absolute atomic E-state index is 0.0507. The molecule has 100 valence electrons. The summed E-state index contributed by atoms with van der Waals surface area (Å²) in [6.07, 6.45) is 0. The minimum Gasteiger partial charge on any atom is -0.508 e. The average molecular weight is 265 g/mol. The van der Waals surface area contributed by atoms with Crippen molar-refractivity contribution in [2.45, 2.75) is 13.0 Å². The number of benzene rings is 2. The van der Waals surface area contributed by atoms with Crippen molar-refractivity contribution in [2.75, 3.05) is 5.32 Å². The third-order valence-corrected chi connectivity index (χ3v) is 2.73. The van der Waals surface area contributed by atoms with Crippen LogP contribution < -0.4 is 5.32 Å². The Morgan fingerprint density at radius 1 is 1.00 bits per heavy atom. The van der Waals surface area contributed by atoms with E-state index in [1.54, 1.807) is 6.92 Å². The van der Waals surface area contributed by atoms with E-state index in [0.717, 1.165) is 18.2 Å². The van der Waals surface area contributed by atoms with Crippen molar-refractivity contribution >= 4 is 5.69 Å². The molecule has 1 unspecified atom stereocenters. The second kappa shape index (κ2) is 5.14. The highest BCUT2D eigenvalue weighted by Gasteiger charge is 2.11. The number of hydrogen-bond donors (Lipinski definition) is 3. The van der Waals surface area contributed by atoms with Crippen LogP contribution in [0.5, 0.6) is 11.5 Å². The van der Waals surface area contributed by atoms with E-state index in [2.05, 4.69) is 5.32 Å². The van der Waals surface area contributed by atoms with Crippen molar-refractivity contribution < 1.29 is 19.0 Å². The van der Waals surface area contributed by atoms with Gasteiger partial charge in [0.05, 0.1) is 6.04 Å². The van der Waals surface area contributed by atoms with Gasteiger partial charge in [0.25, 0.3) is 0 Å². The topological polar surface area (TPSA) is 52.5 Å². The summed E-state index contributed by atoms with van der Waals surface area (Å²) < 4.78 is 26.1. The fraction of sp³-hybridized carbons (Fsp3) is 0.143. The van der Waals surface area contributed by atoms with Crippen LogP contribution in [0.1, 0.15) is 18.5 Å². The molecule has 0 saturated carbocycles. The van der Waals surface area contributed by atoms with Crippen LogP contribution in [0.4, 0.5) is 14.5 Å². The van der Waals surface area contributed by atoms with E-state index in [9.17, 15) is 19.0 Å². The van der Waals surface area contributed by atoms with Crippen LogP contribution in [0.3, 0.4) is 0 Å². The zero-order valence-electron chi connectivity index (χ0n) is 10.2. The molecule has 0 spiro atoms. The molecule has 0 aliphatic rings. The SMILES string of the molecule is CC(Nc1cc(F)cc(F)c1)c1ccc(O)cc1O. The van der Waals surface area contributed by atoms with Crippen molar-refractivity contribution in [3.8, 4) is 11.5 Å². The van der Waals surface area contributed by atoms with Gasteiger partial charge in [-0.05, 0) is 31.2 Å². The number of phenolic OH excluding ortho intramolecular Hbond substituents is 2. The van der Waals surface area contributed by atoms with Gasteiger partial charge in [-0.15, -0.1) is 0 Å². The molecule has 3 N–H and O–H groups in total. The lowest BCUT2D eigenvalue weighted by molar-refractivity contribution is 0.444. The summed E-state index contributed by atoms with van der Waals surface area (Å²) >= 11 is 0. The summed E-state index contributed by atoms with van der Waals surface area (Å²) in [5.41, 5.74) is 0.792. The fourth-order valence-corrected chi connectivity index (χ4v) is 1.86. The van der Waals surface area contributed by atoms with Gasteiger partial charge in [-0.2, -0.15) is 0 Å². The third kappa shape index (κ3) is 3.13. The summed E-state index contributed by atoms with van der Waals surface area (Å²) in [7, 11) is 0. The predicted octanol–water partition coefficient (Wildman–Crippen LogP) is 3.55. The van der Waals surface area contributed by atoms with Crippen molar-refractivity contribution in [3.63, 3.8) is 0 Å². The molecular weight excluding hydrogens is 252 g/mol. The number of phenols is 2. The van der Waals surface area contributed by atoms with Crippen LogP contribution in [0.15, 0.2) is 36.4 Å². The molecule has 0 heterocycles. The molecule has 0 saturated heterocycles. The maximum absolute atomic E-state index is 13.1. The maximum Gasteiger partial charge on any atom is 0.128 e. The first kappa shape index (κ1) is 13.1. The molecule has 0 amide bonds. The van der Waals surface area contributed by atoms with Crippen LogP contribution >= 0.6 is 0 Å². The van der Waals surface area contributed by atoms with Gasteiger partial charge >= 0.3 is 0 Å². The predicted molar refractivity (Wildman–Crippen MR) is 68.2 cm³/mol. The first-order valence-electron chi connectivity index (χ1n) is 5.70. The number of rotatable bonds is 3. The van der Waals surface area contributed by atoms with E-state index in [1.807, 2.05) is 0 Å². The van der Waals surface area contributed by atoms with Gasteiger partial charge in [-0.3, -0.25) is 0 Å². The summed E-state index contributed by atoms with van der Waals surface area (Å²) in [6.45, 7) is 1.73. The number of halogens is 2. The molecule has 2 aromatic carbocycles. The van der Waals surface area contributed by atoms with Gasteiger partial charge in [0.1, 0.15) is 23.1 Å². The smallest absolute Gasteiger partial charge is 0.128 e. The summed E-state index contributed by atoms with van der Waals surface area (Å²) in [4.78, 5) is 0. The third-order valence-electron chi connectivity index (χ3n) is 2.73. The number of anilines is 1. The molecule has 2 rings (SSSR count). The first-order valence-corrected chi connectivity index (χ1v) is 5.70. The highest BCUT2D eigenvalue weighted by atomic mass is 19.1. The van der Waals surface area contributed by atoms with Gasteiger partial charge in [0, 0.05) is 23.4 Å². The molecule has 5 heteroatoms. The van der Waals surface area contributed by atoms with E-state index in [4.69, 9.17) is 0 Å². The Bertz CT molecular complexity index is 582. The van der Waals surface area contributed by atoms with Gasteiger partial charge < -0.3 is 15.5 Å². The number of nitrogens with one attached hydrogen (secondary N) is 1. The van der Waals surface area contributed by atoms with Crippen LogP contribution in [0, 0.1) is 11.6 Å². The molecule has 19 heavy (non-hydrogen) atoms. The Kier molecular flexibility index (Phi) is 3.55. The zero-order chi connectivity index (χ0) is 14.0. The molecular formula is C14H13F2NO2. The molecule has 0 aliphatic carbocycles. The van der Waals surface area contributed by atoms with Crippen LogP contribution in [0.2, 0.25) is 0 Å². The second-order valence-corrected chi connectivity index (χ2v) is 4.27. The molecule has 2 aromatic rings. The minimum atomic E-state index is -0.676. The quantitative estimate of drug-likeness (QED) is 0.795. The Balaban J connectivity index is 2.22. The molecule has 3 nitrogen and oxygen atoms in total. The zero-order valence-corrected chi connectivity index (χ0v) is 10.2. The Labute approximate surface area is 109 Å².